The van der Waals surface area contributed by atoms with Gasteiger partial charge in [0.1, 0.15) is 35.4 Å². The van der Waals surface area contributed by atoms with Gasteiger partial charge in [0.05, 0.1) is 39.5 Å². The summed E-state index contributed by atoms with van der Waals surface area (Å²) in [6.07, 6.45) is 2.89. The minimum atomic E-state index is -0.514. The van der Waals surface area contributed by atoms with Gasteiger partial charge in [-0.05, 0) is 92.1 Å². The van der Waals surface area contributed by atoms with Crippen molar-refractivity contribution in [2.24, 2.45) is 5.73 Å². The number of rotatable bonds is 16. The Hall–Kier alpha value is -7.54. The van der Waals surface area contributed by atoms with Crippen LogP contribution in [0.4, 0.5) is 28.4 Å². The van der Waals surface area contributed by atoms with E-state index in [0.717, 1.165) is 37.3 Å². The van der Waals surface area contributed by atoms with E-state index < -0.39 is 19.7 Å². The number of phenols is 1. The number of anilines is 1. The molecule has 19 heteroatoms. The monoisotopic (exact) mass is 834 g/mol. The van der Waals surface area contributed by atoms with Crippen molar-refractivity contribution in [1.82, 2.24) is 0 Å². The number of nitrogens with two attached hydrogens (primary N) is 2. The predicted molar refractivity (Wildman–Crippen MR) is 227 cm³/mol. The highest BCUT2D eigenvalue weighted by Gasteiger charge is 2.06. The van der Waals surface area contributed by atoms with Gasteiger partial charge < -0.3 is 35.5 Å². The van der Waals surface area contributed by atoms with Crippen LogP contribution in [-0.2, 0) is 0 Å². The van der Waals surface area contributed by atoms with Crippen LogP contribution in [0.1, 0.15) is 40.0 Å². The lowest BCUT2D eigenvalue weighted by Gasteiger charge is -2.03. The van der Waals surface area contributed by atoms with Crippen LogP contribution in [0.15, 0.2) is 121 Å². The molecule has 0 unspecified atom stereocenters. The average Bonchev–Trinajstić information content (AvgIpc) is 3.25. The Bertz CT molecular complexity index is 1820. The molecule has 0 spiro atoms. The summed E-state index contributed by atoms with van der Waals surface area (Å²) in [5.41, 5.74) is 11.7. The van der Waals surface area contributed by atoms with Crippen LogP contribution in [0.25, 0.3) is 0 Å². The standard InChI is InChI=1S/2C9H11NO3.C9H13NO.C8H10N2O3.C6H5NO3/c2*1-2-7-13-9-5-3-8(4-6-9)10(11)12;1-2-7-11-9-5-3-8(10)4-6-9;9-5-6-13-8-3-1-7(2-4-8)10(11)12;8-6-3-1-5(2-4-6)7(9)10/h2*3-6H,2,7H2,1H3;3-6H,2,7,10H2,1H3;1-4H,5-6,9H2;1-4,8H. The summed E-state index contributed by atoms with van der Waals surface area (Å²) in [4.78, 5) is 39.1. The van der Waals surface area contributed by atoms with Crippen LogP contribution in [0, 0.1) is 40.5 Å². The second-order valence-electron chi connectivity index (χ2n) is 11.8. The minimum absolute atomic E-state index is 0.0159. The highest BCUT2D eigenvalue weighted by Crippen LogP contribution is 2.20. The van der Waals surface area contributed by atoms with Gasteiger partial charge in [0.2, 0.25) is 0 Å². The number of ether oxygens (including phenoxy) is 4. The summed E-state index contributed by atoms with van der Waals surface area (Å²) >= 11 is 0. The number of benzene rings is 5. The van der Waals surface area contributed by atoms with Crippen LogP contribution in [0.2, 0.25) is 0 Å². The van der Waals surface area contributed by atoms with Crippen LogP contribution < -0.4 is 30.4 Å². The molecule has 5 aromatic rings. The van der Waals surface area contributed by atoms with Gasteiger partial charge in [-0.2, -0.15) is 0 Å². The maximum absolute atomic E-state index is 10.3. The molecule has 5 aromatic carbocycles. The molecule has 0 saturated carbocycles. The molecule has 0 radical (unpaired) electrons. The van der Waals surface area contributed by atoms with Crippen molar-refractivity contribution in [1.29, 1.82) is 0 Å². The fourth-order valence-electron chi connectivity index (χ4n) is 3.97. The fraction of sp³-hybridized carbons (Fsp3) is 0.268. The quantitative estimate of drug-likeness (QED) is 0.0474. The first-order valence-corrected chi connectivity index (χ1v) is 18.5. The Morgan fingerprint density at radius 1 is 0.433 bits per heavy atom. The molecular weight excluding hydrogens is 784 g/mol. The third-order valence-electron chi connectivity index (χ3n) is 6.89. The number of non-ortho nitro benzene ring substituents is 4. The summed E-state index contributed by atoms with van der Waals surface area (Å²) in [5, 5.41) is 49.6. The molecule has 0 aliphatic carbocycles. The molecular formula is C41H50N6O13. The van der Waals surface area contributed by atoms with Crippen molar-refractivity contribution in [2.45, 2.75) is 40.0 Å². The number of nitro benzene ring substituents is 4. The van der Waals surface area contributed by atoms with Crippen molar-refractivity contribution >= 4 is 28.4 Å². The highest BCUT2D eigenvalue weighted by atomic mass is 16.6. The summed E-state index contributed by atoms with van der Waals surface area (Å²) < 4.78 is 21.0. The van der Waals surface area contributed by atoms with Gasteiger partial charge in [0.25, 0.3) is 22.7 Å². The Kier molecular flexibility index (Phi) is 25.0. The molecule has 0 amide bonds. The van der Waals surface area contributed by atoms with Crippen molar-refractivity contribution < 1.29 is 43.7 Å². The average molecular weight is 835 g/mol. The molecule has 5 rings (SSSR count). The molecule has 0 atom stereocenters. The van der Waals surface area contributed by atoms with Gasteiger partial charge in [0.15, 0.2) is 0 Å². The van der Waals surface area contributed by atoms with E-state index in [0.29, 0.717) is 43.6 Å². The predicted octanol–water partition coefficient (Wildman–Crippen LogP) is 9.06. The lowest BCUT2D eigenvalue weighted by atomic mass is 10.3. The first-order chi connectivity index (χ1) is 28.7. The number of hydrogen-bond acceptors (Lipinski definition) is 15. The number of aromatic hydroxyl groups is 1. The number of nitrogens with zero attached hydrogens (tertiary/aromatic N) is 4. The second kappa shape index (κ2) is 29.7. The third-order valence-corrected chi connectivity index (χ3v) is 6.89. The molecule has 0 aliphatic rings. The zero-order chi connectivity index (χ0) is 44.7. The van der Waals surface area contributed by atoms with E-state index >= 15 is 0 Å². The third kappa shape index (κ3) is 22.3. The Morgan fingerprint density at radius 2 is 0.667 bits per heavy atom. The molecule has 0 aliphatic heterocycles. The maximum Gasteiger partial charge on any atom is 0.269 e. The topological polar surface area (TPSA) is 282 Å². The van der Waals surface area contributed by atoms with Crippen LogP contribution in [0.3, 0.4) is 0 Å². The van der Waals surface area contributed by atoms with Crippen LogP contribution in [0.5, 0.6) is 28.7 Å². The molecule has 0 bridgehead atoms. The molecule has 322 valence electrons. The smallest absolute Gasteiger partial charge is 0.269 e. The number of nitrogen functional groups attached to an aromatic ring is 1. The van der Waals surface area contributed by atoms with Crippen molar-refractivity contribution in [3.63, 3.8) is 0 Å². The molecule has 0 fully saturated rings. The Labute approximate surface area is 346 Å². The second-order valence-corrected chi connectivity index (χ2v) is 11.8. The van der Waals surface area contributed by atoms with Gasteiger partial charge >= 0.3 is 0 Å². The summed E-state index contributed by atoms with van der Waals surface area (Å²) in [5.74, 6) is 2.86. The molecule has 19 nitrogen and oxygen atoms in total. The lowest BCUT2D eigenvalue weighted by molar-refractivity contribution is -0.385. The van der Waals surface area contributed by atoms with E-state index in [1.807, 2.05) is 38.1 Å². The van der Waals surface area contributed by atoms with Gasteiger partial charge in [-0.15, -0.1) is 0 Å². The molecule has 0 saturated heterocycles. The summed E-state index contributed by atoms with van der Waals surface area (Å²) in [6.45, 7) is 8.97. The maximum atomic E-state index is 10.3. The zero-order valence-electron chi connectivity index (χ0n) is 33.5. The zero-order valence-corrected chi connectivity index (χ0v) is 33.5. The van der Waals surface area contributed by atoms with E-state index in [-0.39, 0.29) is 28.5 Å². The highest BCUT2D eigenvalue weighted by molar-refractivity contribution is 5.42. The molecule has 0 heterocycles. The van der Waals surface area contributed by atoms with Crippen LogP contribution in [-0.4, -0.2) is 57.8 Å². The normalized spacial score (nSPS) is 9.53. The summed E-state index contributed by atoms with van der Waals surface area (Å²) in [7, 11) is 0. The fourth-order valence-corrected chi connectivity index (χ4v) is 3.97. The Balaban J connectivity index is 0.000000376. The van der Waals surface area contributed by atoms with E-state index in [4.69, 9.17) is 35.5 Å². The first-order valence-electron chi connectivity index (χ1n) is 18.5. The number of hydrogen-bond donors (Lipinski definition) is 3. The van der Waals surface area contributed by atoms with E-state index in [1.165, 1.54) is 60.7 Å². The van der Waals surface area contributed by atoms with Crippen molar-refractivity contribution in [2.75, 3.05) is 38.7 Å². The molecule has 0 aromatic heterocycles. The van der Waals surface area contributed by atoms with Gasteiger partial charge in [-0.3, -0.25) is 40.5 Å². The first kappa shape index (κ1) is 50.5. The van der Waals surface area contributed by atoms with E-state index in [2.05, 4.69) is 6.92 Å². The minimum Gasteiger partial charge on any atom is -0.508 e. The van der Waals surface area contributed by atoms with Crippen molar-refractivity contribution in [3.8, 4) is 28.7 Å². The van der Waals surface area contributed by atoms with Gasteiger partial charge in [-0.1, -0.05) is 20.8 Å². The lowest BCUT2D eigenvalue weighted by Crippen LogP contribution is -2.10. The largest absolute Gasteiger partial charge is 0.508 e. The molecule has 5 N–H and O–H groups in total. The Morgan fingerprint density at radius 3 is 0.900 bits per heavy atom. The number of phenolic OH excluding ortho intramolecular Hbond substituents is 1. The molecule has 60 heavy (non-hydrogen) atoms. The van der Waals surface area contributed by atoms with Gasteiger partial charge in [-0.25, -0.2) is 0 Å². The SMILES string of the molecule is CCCOc1ccc(N)cc1.CCCOc1ccc([N+](=O)[O-])cc1.CCCOc1ccc([N+](=O)[O-])cc1.NCCOc1ccc([N+](=O)[O-])cc1.O=[N+]([O-])c1ccc(O)cc1. The summed E-state index contributed by atoms with van der Waals surface area (Å²) in [6, 6.07) is 30.5. The van der Waals surface area contributed by atoms with E-state index in [9.17, 15) is 40.5 Å². The van der Waals surface area contributed by atoms with Crippen LogP contribution >= 0.6 is 0 Å². The number of nitro groups is 4. The van der Waals surface area contributed by atoms with E-state index in [1.54, 1.807) is 36.4 Å². The van der Waals surface area contributed by atoms with Crippen molar-refractivity contribution in [3.05, 3.63) is 162 Å². The van der Waals surface area contributed by atoms with Gasteiger partial charge in [0, 0.05) is 60.8 Å².